The third-order valence-electron chi connectivity index (χ3n) is 5.08. The molecule has 1 saturated heterocycles. The van der Waals surface area contributed by atoms with E-state index >= 15 is 0 Å². The van der Waals surface area contributed by atoms with Crippen molar-refractivity contribution < 1.29 is 9.53 Å². The molecule has 1 aliphatic heterocycles. The lowest BCUT2D eigenvalue weighted by molar-refractivity contribution is -0.128. The molecule has 1 fully saturated rings. The number of amides is 1. The van der Waals surface area contributed by atoms with E-state index in [0.717, 1.165) is 38.3 Å². The minimum Gasteiger partial charge on any atom is -0.497 e. The van der Waals surface area contributed by atoms with E-state index in [1.165, 1.54) is 16.3 Å². The molecule has 0 bridgehead atoms. The minimum absolute atomic E-state index is 0.184. The summed E-state index contributed by atoms with van der Waals surface area (Å²) in [6.07, 6.45) is 1.04. The SMILES string of the molecule is COc1ccc2cc([C@@H](C)N3CCCN(C(C)=O)CC3)ccc2c1. The van der Waals surface area contributed by atoms with Crippen LogP contribution in [-0.2, 0) is 4.79 Å². The van der Waals surface area contributed by atoms with E-state index in [-0.39, 0.29) is 5.91 Å². The fraction of sp³-hybridized carbons (Fsp3) is 0.450. The summed E-state index contributed by atoms with van der Waals surface area (Å²) in [5, 5.41) is 2.43. The largest absolute Gasteiger partial charge is 0.497 e. The highest BCUT2D eigenvalue weighted by Crippen LogP contribution is 2.27. The standard InChI is InChI=1S/C20H26N2O2/c1-15(21-9-4-10-22(12-11-21)16(2)23)17-5-6-19-14-20(24-3)8-7-18(19)13-17/h5-8,13-15H,4,9-12H2,1-3H3/t15-/m1/s1. The summed E-state index contributed by atoms with van der Waals surface area (Å²) in [7, 11) is 1.70. The quantitative estimate of drug-likeness (QED) is 0.866. The summed E-state index contributed by atoms with van der Waals surface area (Å²) < 4.78 is 5.30. The van der Waals surface area contributed by atoms with Crippen LogP contribution in [0.2, 0.25) is 0 Å². The lowest BCUT2D eigenvalue weighted by atomic mass is 10.0. The highest BCUT2D eigenvalue weighted by Gasteiger charge is 2.21. The number of rotatable bonds is 3. The molecule has 24 heavy (non-hydrogen) atoms. The average Bonchev–Trinajstić information content (AvgIpc) is 2.86. The second-order valence-electron chi connectivity index (χ2n) is 6.54. The van der Waals surface area contributed by atoms with Gasteiger partial charge in [-0.3, -0.25) is 9.69 Å². The molecule has 1 atom stereocenters. The van der Waals surface area contributed by atoms with Crippen molar-refractivity contribution in [3.63, 3.8) is 0 Å². The van der Waals surface area contributed by atoms with Crippen LogP contribution in [0.25, 0.3) is 10.8 Å². The lowest BCUT2D eigenvalue weighted by Crippen LogP contribution is -2.34. The van der Waals surface area contributed by atoms with Crippen LogP contribution in [0, 0.1) is 0 Å². The Kier molecular flexibility index (Phi) is 5.05. The number of nitrogens with zero attached hydrogens (tertiary/aromatic N) is 2. The van der Waals surface area contributed by atoms with Crippen LogP contribution in [-0.4, -0.2) is 49.0 Å². The average molecular weight is 326 g/mol. The Morgan fingerprint density at radius 3 is 2.54 bits per heavy atom. The van der Waals surface area contributed by atoms with Crippen LogP contribution in [0.4, 0.5) is 0 Å². The van der Waals surface area contributed by atoms with Crippen LogP contribution >= 0.6 is 0 Å². The molecule has 0 aliphatic carbocycles. The van der Waals surface area contributed by atoms with Gasteiger partial charge in [-0.25, -0.2) is 0 Å². The first-order valence-electron chi connectivity index (χ1n) is 8.66. The number of benzene rings is 2. The van der Waals surface area contributed by atoms with Crippen molar-refractivity contribution in [3.8, 4) is 5.75 Å². The Morgan fingerprint density at radius 1 is 1.04 bits per heavy atom. The summed E-state index contributed by atoms with van der Waals surface area (Å²) >= 11 is 0. The first-order chi connectivity index (χ1) is 11.6. The second kappa shape index (κ2) is 7.22. The third-order valence-corrected chi connectivity index (χ3v) is 5.08. The summed E-state index contributed by atoms with van der Waals surface area (Å²) in [5.74, 6) is 1.07. The fourth-order valence-corrected chi connectivity index (χ4v) is 3.48. The Morgan fingerprint density at radius 2 is 1.79 bits per heavy atom. The van der Waals surface area contributed by atoms with E-state index in [9.17, 15) is 4.79 Å². The molecular weight excluding hydrogens is 300 g/mol. The van der Waals surface area contributed by atoms with E-state index in [1.807, 2.05) is 11.0 Å². The van der Waals surface area contributed by atoms with Gasteiger partial charge in [0.15, 0.2) is 0 Å². The first-order valence-corrected chi connectivity index (χ1v) is 8.66. The first kappa shape index (κ1) is 16.8. The smallest absolute Gasteiger partial charge is 0.219 e. The van der Waals surface area contributed by atoms with Crippen molar-refractivity contribution in [2.75, 3.05) is 33.3 Å². The summed E-state index contributed by atoms with van der Waals surface area (Å²) in [5.41, 5.74) is 1.32. The number of hydrogen-bond donors (Lipinski definition) is 0. The van der Waals surface area contributed by atoms with Gasteiger partial charge in [0.2, 0.25) is 5.91 Å². The summed E-state index contributed by atoms with van der Waals surface area (Å²) in [6.45, 7) is 7.58. The van der Waals surface area contributed by atoms with Gasteiger partial charge in [0.1, 0.15) is 5.75 Å². The number of hydrogen-bond acceptors (Lipinski definition) is 3. The maximum atomic E-state index is 11.6. The summed E-state index contributed by atoms with van der Waals surface area (Å²) in [4.78, 5) is 16.0. The van der Waals surface area contributed by atoms with Gasteiger partial charge in [-0.2, -0.15) is 0 Å². The molecule has 0 radical (unpaired) electrons. The van der Waals surface area contributed by atoms with Crippen LogP contribution < -0.4 is 4.74 Å². The minimum atomic E-state index is 0.184. The van der Waals surface area contributed by atoms with E-state index in [2.05, 4.69) is 42.2 Å². The van der Waals surface area contributed by atoms with Crippen molar-refractivity contribution in [2.24, 2.45) is 0 Å². The van der Waals surface area contributed by atoms with E-state index in [4.69, 9.17) is 4.74 Å². The van der Waals surface area contributed by atoms with Gasteiger partial charge >= 0.3 is 0 Å². The maximum absolute atomic E-state index is 11.6. The van der Waals surface area contributed by atoms with E-state index < -0.39 is 0 Å². The van der Waals surface area contributed by atoms with Crippen LogP contribution in [0.3, 0.4) is 0 Å². The molecular formula is C20H26N2O2. The molecule has 0 unspecified atom stereocenters. The van der Waals surface area contributed by atoms with E-state index in [0.29, 0.717) is 6.04 Å². The zero-order valence-corrected chi connectivity index (χ0v) is 14.8. The molecule has 2 aromatic carbocycles. The molecule has 1 amide bonds. The molecule has 4 nitrogen and oxygen atoms in total. The van der Waals surface area contributed by atoms with Gasteiger partial charge in [-0.1, -0.05) is 18.2 Å². The topological polar surface area (TPSA) is 32.8 Å². The zero-order valence-electron chi connectivity index (χ0n) is 14.8. The number of ether oxygens (including phenoxy) is 1. The molecule has 0 N–H and O–H groups in total. The highest BCUT2D eigenvalue weighted by molar-refractivity contribution is 5.84. The molecule has 0 saturated carbocycles. The third kappa shape index (κ3) is 3.54. The summed E-state index contributed by atoms with van der Waals surface area (Å²) in [6, 6.07) is 13.2. The fourth-order valence-electron chi connectivity index (χ4n) is 3.48. The predicted octanol–water partition coefficient (Wildman–Crippen LogP) is 3.46. The lowest BCUT2D eigenvalue weighted by Gasteiger charge is -2.28. The van der Waals surface area contributed by atoms with Crippen LogP contribution in [0.5, 0.6) is 5.75 Å². The van der Waals surface area contributed by atoms with Crippen molar-refractivity contribution in [3.05, 3.63) is 42.0 Å². The Bertz CT molecular complexity index is 729. The van der Waals surface area contributed by atoms with Gasteiger partial charge in [0, 0.05) is 39.1 Å². The molecule has 3 rings (SSSR count). The molecule has 0 aromatic heterocycles. The van der Waals surface area contributed by atoms with Gasteiger partial charge in [0.25, 0.3) is 0 Å². The second-order valence-corrected chi connectivity index (χ2v) is 6.54. The van der Waals surface area contributed by atoms with Crippen molar-refractivity contribution >= 4 is 16.7 Å². The Hall–Kier alpha value is -2.07. The monoisotopic (exact) mass is 326 g/mol. The highest BCUT2D eigenvalue weighted by atomic mass is 16.5. The van der Waals surface area contributed by atoms with Gasteiger partial charge in [-0.05, 0) is 47.9 Å². The van der Waals surface area contributed by atoms with Crippen LogP contribution in [0.1, 0.15) is 31.9 Å². The van der Waals surface area contributed by atoms with Gasteiger partial charge < -0.3 is 9.64 Å². The van der Waals surface area contributed by atoms with Gasteiger partial charge in [0.05, 0.1) is 7.11 Å². The van der Waals surface area contributed by atoms with Crippen molar-refractivity contribution in [2.45, 2.75) is 26.3 Å². The number of fused-ring (bicyclic) bond motifs is 1. The predicted molar refractivity (Wildman–Crippen MR) is 97.4 cm³/mol. The Labute approximate surface area is 144 Å². The molecule has 0 spiro atoms. The molecule has 128 valence electrons. The normalized spacial score (nSPS) is 17.5. The molecule has 4 heteroatoms. The van der Waals surface area contributed by atoms with Gasteiger partial charge in [-0.15, -0.1) is 0 Å². The van der Waals surface area contributed by atoms with Crippen molar-refractivity contribution in [1.29, 1.82) is 0 Å². The maximum Gasteiger partial charge on any atom is 0.219 e. The zero-order chi connectivity index (χ0) is 17.1. The number of methoxy groups -OCH3 is 1. The van der Waals surface area contributed by atoms with Crippen molar-refractivity contribution in [1.82, 2.24) is 9.80 Å². The Balaban J connectivity index is 1.78. The van der Waals surface area contributed by atoms with Crippen LogP contribution in [0.15, 0.2) is 36.4 Å². The molecule has 1 aliphatic rings. The number of carbonyl (C=O) groups is 1. The molecule has 1 heterocycles. The number of carbonyl (C=O) groups excluding carboxylic acids is 1. The molecule has 2 aromatic rings. The van der Waals surface area contributed by atoms with E-state index in [1.54, 1.807) is 14.0 Å².